The molecule has 1 aliphatic carbocycles. The largest absolute Gasteiger partial charge is 0.327 e. The van der Waals surface area contributed by atoms with Crippen LogP contribution in [0.1, 0.15) is 38.7 Å². The van der Waals surface area contributed by atoms with E-state index in [1.807, 2.05) is 0 Å². The molecule has 2 unspecified atom stereocenters. The van der Waals surface area contributed by atoms with Gasteiger partial charge in [0.15, 0.2) is 0 Å². The van der Waals surface area contributed by atoms with Crippen molar-refractivity contribution in [1.29, 1.82) is 0 Å². The van der Waals surface area contributed by atoms with Crippen molar-refractivity contribution in [1.82, 2.24) is 0 Å². The van der Waals surface area contributed by atoms with Crippen LogP contribution >= 0.6 is 0 Å². The molecule has 1 aromatic carbocycles. The summed E-state index contributed by atoms with van der Waals surface area (Å²) < 4.78 is 0. The number of benzene rings is 1. The third kappa shape index (κ3) is 2.85. The van der Waals surface area contributed by atoms with Crippen molar-refractivity contribution in [2.24, 2.45) is 17.1 Å². The van der Waals surface area contributed by atoms with Gasteiger partial charge in [0.25, 0.3) is 0 Å². The van der Waals surface area contributed by atoms with Gasteiger partial charge in [-0.1, -0.05) is 44.2 Å². The minimum Gasteiger partial charge on any atom is -0.327 e. The van der Waals surface area contributed by atoms with Crippen LogP contribution in [0.4, 0.5) is 0 Å². The zero-order chi connectivity index (χ0) is 11.6. The monoisotopic (exact) mass is 217 g/mol. The predicted molar refractivity (Wildman–Crippen MR) is 69.2 cm³/mol. The van der Waals surface area contributed by atoms with Gasteiger partial charge in [-0.2, -0.15) is 0 Å². The second-order valence-electron chi connectivity index (χ2n) is 5.84. The summed E-state index contributed by atoms with van der Waals surface area (Å²) in [6.07, 6.45) is 4.88. The molecular weight excluding hydrogens is 194 g/mol. The number of hydrogen-bond acceptors (Lipinski definition) is 1. The molecule has 0 saturated heterocycles. The van der Waals surface area contributed by atoms with E-state index in [1.165, 1.54) is 31.2 Å². The third-order valence-electron chi connectivity index (χ3n) is 3.95. The lowest BCUT2D eigenvalue weighted by Gasteiger charge is -2.13. The van der Waals surface area contributed by atoms with E-state index in [-0.39, 0.29) is 0 Å². The summed E-state index contributed by atoms with van der Waals surface area (Å²) in [5.41, 5.74) is 8.17. The first-order chi connectivity index (χ1) is 7.59. The molecule has 0 spiro atoms. The minimum atomic E-state index is 0.415. The molecule has 2 rings (SSSR count). The lowest BCUT2D eigenvalue weighted by molar-refractivity contribution is 0.448. The van der Waals surface area contributed by atoms with Crippen LogP contribution in [-0.4, -0.2) is 6.04 Å². The van der Waals surface area contributed by atoms with Crippen molar-refractivity contribution in [2.45, 2.75) is 45.6 Å². The Morgan fingerprint density at radius 2 is 1.94 bits per heavy atom. The molecule has 1 heteroatoms. The van der Waals surface area contributed by atoms with Gasteiger partial charge in [-0.3, -0.25) is 0 Å². The molecule has 1 fully saturated rings. The quantitative estimate of drug-likeness (QED) is 0.804. The zero-order valence-corrected chi connectivity index (χ0v) is 10.4. The lowest BCUT2D eigenvalue weighted by Crippen LogP contribution is -2.24. The Bertz CT molecular complexity index is 329. The summed E-state index contributed by atoms with van der Waals surface area (Å²) >= 11 is 0. The molecule has 16 heavy (non-hydrogen) atoms. The van der Waals surface area contributed by atoms with Gasteiger partial charge in [0.2, 0.25) is 0 Å². The molecule has 2 atom stereocenters. The molecule has 1 nitrogen and oxygen atoms in total. The average Bonchev–Trinajstić information content (AvgIpc) is 2.89. The smallest absolute Gasteiger partial charge is 0.00725 e. The van der Waals surface area contributed by atoms with Crippen LogP contribution in [0.15, 0.2) is 30.3 Å². The number of hydrogen-bond donors (Lipinski definition) is 1. The summed E-state index contributed by atoms with van der Waals surface area (Å²) in [5.74, 6) is 0.767. The highest BCUT2D eigenvalue weighted by atomic mass is 14.7. The normalized spacial score (nSPS) is 24.1. The van der Waals surface area contributed by atoms with Gasteiger partial charge < -0.3 is 5.73 Å². The first kappa shape index (κ1) is 11.7. The van der Waals surface area contributed by atoms with E-state index < -0.39 is 0 Å². The van der Waals surface area contributed by atoms with Crippen LogP contribution in [-0.2, 0) is 6.42 Å². The summed E-state index contributed by atoms with van der Waals surface area (Å²) in [6.45, 7) is 4.66. The van der Waals surface area contributed by atoms with E-state index in [4.69, 9.17) is 5.73 Å². The highest BCUT2D eigenvalue weighted by molar-refractivity contribution is 5.14. The Labute approximate surface area is 99.0 Å². The van der Waals surface area contributed by atoms with E-state index in [0.29, 0.717) is 11.5 Å². The second-order valence-corrected chi connectivity index (χ2v) is 5.84. The molecule has 0 amide bonds. The summed E-state index contributed by atoms with van der Waals surface area (Å²) in [5, 5.41) is 0. The van der Waals surface area contributed by atoms with Gasteiger partial charge in [-0.05, 0) is 42.6 Å². The molecule has 2 N–H and O–H groups in total. The maximum absolute atomic E-state index is 6.22. The molecular formula is C15H23N. The molecule has 0 heterocycles. The van der Waals surface area contributed by atoms with Crippen molar-refractivity contribution < 1.29 is 0 Å². The molecule has 1 aliphatic rings. The standard InChI is InChI=1S/C15H23N/c1-15(2)11-13(15)14(16)10-6-9-12-7-4-3-5-8-12/h3-5,7-8,13-14H,6,9-11,16H2,1-2H3. The number of nitrogens with two attached hydrogens (primary N) is 1. The predicted octanol–water partition coefficient (Wildman–Crippen LogP) is 3.38. The SMILES string of the molecule is CC1(C)CC1C(N)CCCc1ccccc1. The Morgan fingerprint density at radius 3 is 2.50 bits per heavy atom. The molecule has 1 saturated carbocycles. The van der Waals surface area contributed by atoms with Gasteiger partial charge >= 0.3 is 0 Å². The molecule has 1 aromatic rings. The first-order valence-electron chi connectivity index (χ1n) is 6.39. The molecule has 0 aliphatic heterocycles. The van der Waals surface area contributed by atoms with Crippen LogP contribution < -0.4 is 5.73 Å². The fourth-order valence-corrected chi connectivity index (χ4v) is 2.63. The summed E-state index contributed by atoms with van der Waals surface area (Å²) in [7, 11) is 0. The Kier molecular flexibility index (Phi) is 3.34. The summed E-state index contributed by atoms with van der Waals surface area (Å²) in [6, 6.07) is 11.1. The van der Waals surface area contributed by atoms with Crippen LogP contribution in [0.25, 0.3) is 0 Å². The average molecular weight is 217 g/mol. The van der Waals surface area contributed by atoms with E-state index in [2.05, 4.69) is 44.2 Å². The van der Waals surface area contributed by atoms with Gasteiger partial charge in [-0.15, -0.1) is 0 Å². The molecule has 88 valence electrons. The van der Waals surface area contributed by atoms with Gasteiger partial charge in [0, 0.05) is 6.04 Å². The van der Waals surface area contributed by atoms with Crippen molar-refractivity contribution in [3.63, 3.8) is 0 Å². The van der Waals surface area contributed by atoms with E-state index >= 15 is 0 Å². The Hall–Kier alpha value is -0.820. The van der Waals surface area contributed by atoms with E-state index in [1.54, 1.807) is 0 Å². The zero-order valence-electron chi connectivity index (χ0n) is 10.4. The third-order valence-corrected chi connectivity index (χ3v) is 3.95. The van der Waals surface area contributed by atoms with E-state index in [0.717, 1.165) is 5.92 Å². The van der Waals surface area contributed by atoms with Crippen molar-refractivity contribution in [3.05, 3.63) is 35.9 Å². The van der Waals surface area contributed by atoms with Crippen LogP contribution in [0.3, 0.4) is 0 Å². The van der Waals surface area contributed by atoms with Crippen molar-refractivity contribution in [3.8, 4) is 0 Å². The van der Waals surface area contributed by atoms with Crippen molar-refractivity contribution >= 4 is 0 Å². The highest BCUT2D eigenvalue weighted by Gasteiger charge is 2.48. The van der Waals surface area contributed by atoms with Gasteiger partial charge in [0.05, 0.1) is 0 Å². The van der Waals surface area contributed by atoms with Gasteiger partial charge in [0.1, 0.15) is 0 Å². The van der Waals surface area contributed by atoms with Crippen LogP contribution in [0.2, 0.25) is 0 Å². The first-order valence-corrected chi connectivity index (χ1v) is 6.39. The summed E-state index contributed by atoms with van der Waals surface area (Å²) in [4.78, 5) is 0. The van der Waals surface area contributed by atoms with Crippen LogP contribution in [0, 0.1) is 11.3 Å². The topological polar surface area (TPSA) is 26.0 Å². The fourth-order valence-electron chi connectivity index (χ4n) is 2.63. The fraction of sp³-hybridized carbons (Fsp3) is 0.600. The van der Waals surface area contributed by atoms with Crippen molar-refractivity contribution in [2.75, 3.05) is 0 Å². The maximum atomic E-state index is 6.22. The highest BCUT2D eigenvalue weighted by Crippen LogP contribution is 2.53. The van der Waals surface area contributed by atoms with Gasteiger partial charge in [-0.25, -0.2) is 0 Å². The molecule has 0 bridgehead atoms. The minimum absolute atomic E-state index is 0.415. The molecule has 0 aromatic heterocycles. The maximum Gasteiger partial charge on any atom is 0.00725 e. The Morgan fingerprint density at radius 1 is 1.31 bits per heavy atom. The van der Waals surface area contributed by atoms with Crippen LogP contribution in [0.5, 0.6) is 0 Å². The number of aryl methyl sites for hydroxylation is 1. The number of rotatable bonds is 5. The Balaban J connectivity index is 1.69. The lowest BCUT2D eigenvalue weighted by atomic mass is 9.98. The van der Waals surface area contributed by atoms with E-state index in [9.17, 15) is 0 Å². The second kappa shape index (κ2) is 4.58. The molecule has 0 radical (unpaired) electrons.